The van der Waals surface area contributed by atoms with Crippen LogP contribution < -0.4 is 10.1 Å². The Morgan fingerprint density at radius 2 is 2.09 bits per heavy atom. The van der Waals surface area contributed by atoms with E-state index in [1.807, 2.05) is 0 Å². The molecule has 6 nitrogen and oxygen atoms in total. The average molecular weight is 383 g/mol. The first-order valence-electron chi connectivity index (χ1n) is 6.49. The maximum absolute atomic E-state index is 13.6. The zero-order valence-corrected chi connectivity index (χ0v) is 13.6. The van der Waals surface area contributed by atoms with Gasteiger partial charge in [-0.3, -0.25) is 14.9 Å². The van der Waals surface area contributed by atoms with Crippen LogP contribution in [0.1, 0.15) is 5.56 Å². The van der Waals surface area contributed by atoms with E-state index >= 15 is 0 Å². The molecule has 0 saturated heterocycles. The Kier molecular flexibility index (Phi) is 5.28. The highest BCUT2D eigenvalue weighted by atomic mass is 79.9. The van der Waals surface area contributed by atoms with Gasteiger partial charge in [-0.1, -0.05) is 15.9 Å². The van der Waals surface area contributed by atoms with Gasteiger partial charge in [-0.25, -0.2) is 4.39 Å². The van der Waals surface area contributed by atoms with Gasteiger partial charge in [0.05, 0.1) is 10.6 Å². The Balaban J connectivity index is 1.98. The van der Waals surface area contributed by atoms with Crippen LogP contribution in [0.2, 0.25) is 0 Å². The molecule has 8 heteroatoms. The Labute approximate surface area is 139 Å². The van der Waals surface area contributed by atoms with Gasteiger partial charge in [-0.15, -0.1) is 0 Å². The number of nitro benzene ring substituents is 1. The van der Waals surface area contributed by atoms with E-state index in [9.17, 15) is 19.3 Å². The number of aryl methyl sites for hydroxylation is 1. The van der Waals surface area contributed by atoms with Crippen molar-refractivity contribution < 1.29 is 18.8 Å². The molecule has 120 valence electrons. The first kappa shape index (κ1) is 16.9. The Morgan fingerprint density at radius 3 is 2.70 bits per heavy atom. The minimum atomic E-state index is -0.570. The summed E-state index contributed by atoms with van der Waals surface area (Å²) < 4.78 is 19.5. The fourth-order valence-electron chi connectivity index (χ4n) is 1.83. The number of carbonyl (C=O) groups is 1. The molecule has 1 N–H and O–H groups in total. The topological polar surface area (TPSA) is 81.5 Å². The van der Waals surface area contributed by atoms with E-state index in [0.29, 0.717) is 15.8 Å². The average Bonchev–Trinajstić information content (AvgIpc) is 2.48. The lowest BCUT2D eigenvalue weighted by molar-refractivity contribution is -0.384. The number of ether oxygens (including phenoxy) is 1. The monoisotopic (exact) mass is 382 g/mol. The molecule has 2 aromatic carbocycles. The summed E-state index contributed by atoms with van der Waals surface area (Å²) >= 11 is 3.12. The van der Waals surface area contributed by atoms with E-state index < -0.39 is 16.6 Å². The molecule has 0 aliphatic rings. The number of hydrogen-bond acceptors (Lipinski definition) is 4. The minimum absolute atomic E-state index is 0.0437. The lowest BCUT2D eigenvalue weighted by Gasteiger charge is -2.10. The Bertz CT molecular complexity index is 767. The molecule has 23 heavy (non-hydrogen) atoms. The number of benzene rings is 2. The second kappa shape index (κ2) is 7.19. The molecule has 2 aromatic rings. The summed E-state index contributed by atoms with van der Waals surface area (Å²) in [5, 5.41) is 13.0. The second-order valence-corrected chi connectivity index (χ2v) is 5.58. The summed E-state index contributed by atoms with van der Waals surface area (Å²) in [7, 11) is 0. The molecule has 0 saturated carbocycles. The van der Waals surface area contributed by atoms with Crippen LogP contribution in [-0.2, 0) is 4.79 Å². The third-order valence-corrected chi connectivity index (χ3v) is 3.43. The Hall–Kier alpha value is -2.48. The van der Waals surface area contributed by atoms with E-state index in [-0.39, 0.29) is 18.0 Å². The van der Waals surface area contributed by atoms with Gasteiger partial charge in [-0.2, -0.15) is 0 Å². The summed E-state index contributed by atoms with van der Waals surface area (Å²) in [6, 6.07) is 8.31. The highest BCUT2D eigenvalue weighted by Crippen LogP contribution is 2.23. The number of amides is 1. The van der Waals surface area contributed by atoms with E-state index in [4.69, 9.17) is 4.74 Å². The lowest BCUT2D eigenvalue weighted by atomic mass is 10.2. The quantitative estimate of drug-likeness (QED) is 0.629. The molecule has 0 atom stereocenters. The molecule has 0 aliphatic heterocycles. The maximum atomic E-state index is 13.6. The standard InChI is InChI=1S/C15H12BrFN2O4/c1-9-6-11(19(21)22)3-5-14(9)23-8-15(20)18-13-4-2-10(16)7-12(13)17/h2-7H,8H2,1H3,(H,18,20). The van der Waals surface area contributed by atoms with Gasteiger partial charge < -0.3 is 10.1 Å². The van der Waals surface area contributed by atoms with Crippen LogP contribution in [0.25, 0.3) is 0 Å². The van der Waals surface area contributed by atoms with Gasteiger partial charge in [0.2, 0.25) is 0 Å². The van der Waals surface area contributed by atoms with Crippen molar-refractivity contribution >= 4 is 33.2 Å². The Morgan fingerprint density at radius 1 is 1.35 bits per heavy atom. The fraction of sp³-hybridized carbons (Fsp3) is 0.133. The number of halogens is 2. The van der Waals surface area contributed by atoms with Crippen LogP contribution in [0.3, 0.4) is 0 Å². The molecule has 2 rings (SSSR count). The molecule has 1 amide bonds. The molecule has 0 aliphatic carbocycles. The predicted octanol–water partition coefficient (Wildman–Crippen LogP) is 3.82. The molecule has 0 bridgehead atoms. The summed E-state index contributed by atoms with van der Waals surface area (Å²) in [5.41, 5.74) is 0.514. The van der Waals surface area contributed by atoms with Crippen molar-refractivity contribution in [2.24, 2.45) is 0 Å². The van der Waals surface area contributed by atoms with Gasteiger partial charge in [0.1, 0.15) is 11.6 Å². The van der Waals surface area contributed by atoms with Gasteiger partial charge in [0.25, 0.3) is 11.6 Å². The van der Waals surface area contributed by atoms with Gasteiger partial charge in [0, 0.05) is 16.6 Å². The van der Waals surface area contributed by atoms with Gasteiger partial charge in [-0.05, 0) is 36.8 Å². The first-order chi connectivity index (χ1) is 10.9. The number of nitrogens with one attached hydrogen (secondary N) is 1. The van der Waals surface area contributed by atoms with Crippen LogP contribution in [0.15, 0.2) is 40.9 Å². The number of rotatable bonds is 5. The lowest BCUT2D eigenvalue weighted by Crippen LogP contribution is -2.21. The van der Waals surface area contributed by atoms with Crippen LogP contribution in [0.5, 0.6) is 5.75 Å². The van der Waals surface area contributed by atoms with Crippen molar-refractivity contribution in [2.45, 2.75) is 6.92 Å². The summed E-state index contributed by atoms with van der Waals surface area (Å²) in [5.74, 6) is -0.759. The zero-order chi connectivity index (χ0) is 17.0. The van der Waals surface area contributed by atoms with Crippen LogP contribution in [-0.4, -0.2) is 17.4 Å². The molecule has 0 heterocycles. The van der Waals surface area contributed by atoms with Crippen molar-refractivity contribution in [1.29, 1.82) is 0 Å². The molecule has 0 aromatic heterocycles. The number of nitrogens with zero attached hydrogens (tertiary/aromatic N) is 1. The maximum Gasteiger partial charge on any atom is 0.269 e. The minimum Gasteiger partial charge on any atom is -0.483 e. The third kappa shape index (κ3) is 4.49. The van der Waals surface area contributed by atoms with Gasteiger partial charge in [0.15, 0.2) is 6.61 Å². The predicted molar refractivity (Wildman–Crippen MR) is 86.1 cm³/mol. The molecule has 0 fully saturated rings. The molecule has 0 unspecified atom stereocenters. The largest absolute Gasteiger partial charge is 0.483 e. The van der Waals surface area contributed by atoms with Crippen molar-refractivity contribution in [3.63, 3.8) is 0 Å². The van der Waals surface area contributed by atoms with E-state index in [1.54, 1.807) is 13.0 Å². The van der Waals surface area contributed by atoms with Crippen LogP contribution >= 0.6 is 15.9 Å². The van der Waals surface area contributed by atoms with E-state index in [1.165, 1.54) is 30.3 Å². The second-order valence-electron chi connectivity index (χ2n) is 4.67. The van der Waals surface area contributed by atoms with Crippen LogP contribution in [0, 0.1) is 22.9 Å². The highest BCUT2D eigenvalue weighted by molar-refractivity contribution is 9.10. The molecule has 0 radical (unpaired) electrons. The number of carbonyl (C=O) groups excluding carboxylic acids is 1. The fourth-order valence-corrected chi connectivity index (χ4v) is 2.16. The summed E-state index contributed by atoms with van der Waals surface area (Å²) in [6.07, 6.45) is 0. The van der Waals surface area contributed by atoms with Crippen molar-refractivity contribution in [3.05, 3.63) is 62.4 Å². The number of anilines is 1. The van der Waals surface area contributed by atoms with Gasteiger partial charge >= 0.3 is 0 Å². The molecule has 0 spiro atoms. The SMILES string of the molecule is Cc1cc([N+](=O)[O-])ccc1OCC(=O)Nc1ccc(Br)cc1F. The number of non-ortho nitro benzene ring substituents is 1. The highest BCUT2D eigenvalue weighted by Gasteiger charge is 2.11. The number of nitro groups is 1. The first-order valence-corrected chi connectivity index (χ1v) is 7.29. The summed E-state index contributed by atoms with van der Waals surface area (Å²) in [6.45, 7) is 1.29. The smallest absolute Gasteiger partial charge is 0.269 e. The van der Waals surface area contributed by atoms with Crippen molar-refractivity contribution in [2.75, 3.05) is 11.9 Å². The van der Waals surface area contributed by atoms with Crippen molar-refractivity contribution in [3.8, 4) is 5.75 Å². The normalized spacial score (nSPS) is 10.2. The molecular weight excluding hydrogens is 371 g/mol. The number of hydrogen-bond donors (Lipinski definition) is 1. The van der Waals surface area contributed by atoms with E-state index in [2.05, 4.69) is 21.2 Å². The third-order valence-electron chi connectivity index (χ3n) is 2.93. The summed E-state index contributed by atoms with van der Waals surface area (Å²) in [4.78, 5) is 21.9. The van der Waals surface area contributed by atoms with Crippen LogP contribution in [0.4, 0.5) is 15.8 Å². The molecular formula is C15H12BrFN2O4. The van der Waals surface area contributed by atoms with Crippen molar-refractivity contribution in [1.82, 2.24) is 0 Å². The van der Waals surface area contributed by atoms with E-state index in [0.717, 1.165) is 0 Å². The zero-order valence-electron chi connectivity index (χ0n) is 12.0.